The van der Waals surface area contributed by atoms with Crippen LogP contribution in [-0.4, -0.2) is 79.8 Å². The zero-order valence-electron chi connectivity index (χ0n) is 15.0. The molecule has 3 heterocycles. The van der Waals surface area contributed by atoms with Crippen LogP contribution in [0.3, 0.4) is 0 Å². The highest BCUT2D eigenvalue weighted by Crippen LogP contribution is 2.28. The van der Waals surface area contributed by atoms with Crippen LogP contribution in [0.15, 0.2) is 23.9 Å². The van der Waals surface area contributed by atoms with Crippen molar-refractivity contribution >= 4 is 0 Å². The van der Waals surface area contributed by atoms with Crippen LogP contribution in [0.25, 0.3) is 0 Å². The van der Waals surface area contributed by atoms with Gasteiger partial charge in [-0.3, -0.25) is 9.80 Å². The molecule has 0 N–H and O–H groups in total. The molecule has 3 fully saturated rings. The maximum absolute atomic E-state index is 5.48. The summed E-state index contributed by atoms with van der Waals surface area (Å²) < 4.78 is 5.48. The third kappa shape index (κ3) is 4.59. The van der Waals surface area contributed by atoms with E-state index in [0.29, 0.717) is 6.04 Å². The van der Waals surface area contributed by atoms with Crippen LogP contribution in [0.5, 0.6) is 0 Å². The number of piperidine rings is 1. The van der Waals surface area contributed by atoms with E-state index in [-0.39, 0.29) is 0 Å². The Hall–Kier alpha value is -0.840. The first-order chi connectivity index (χ1) is 11.1. The summed E-state index contributed by atoms with van der Waals surface area (Å²) in [6, 6.07) is 0.714. The van der Waals surface area contributed by atoms with E-state index in [4.69, 9.17) is 4.74 Å². The molecule has 0 radical (unpaired) electrons. The van der Waals surface area contributed by atoms with Crippen molar-refractivity contribution in [2.45, 2.75) is 32.7 Å². The largest absolute Gasteiger partial charge is 0.379 e. The van der Waals surface area contributed by atoms with Crippen molar-refractivity contribution in [2.24, 2.45) is 5.92 Å². The van der Waals surface area contributed by atoms with Gasteiger partial charge in [0, 0.05) is 51.0 Å². The molecule has 3 saturated heterocycles. The summed E-state index contributed by atoms with van der Waals surface area (Å²) in [5, 5.41) is 0. The summed E-state index contributed by atoms with van der Waals surface area (Å²) in [5.41, 5.74) is 2.53. The van der Waals surface area contributed by atoms with E-state index in [1.54, 1.807) is 0 Å². The fourth-order valence-electron chi connectivity index (χ4n) is 4.26. The van der Waals surface area contributed by atoms with E-state index in [0.717, 1.165) is 45.3 Å². The Morgan fingerprint density at radius 2 is 1.91 bits per heavy atom. The van der Waals surface area contributed by atoms with E-state index in [1.165, 1.54) is 43.7 Å². The van der Waals surface area contributed by atoms with Crippen LogP contribution in [0.1, 0.15) is 26.7 Å². The van der Waals surface area contributed by atoms with E-state index in [9.17, 15) is 0 Å². The molecule has 2 atom stereocenters. The molecule has 3 aliphatic heterocycles. The van der Waals surface area contributed by atoms with E-state index in [1.807, 2.05) is 0 Å². The number of allylic oxidation sites excluding steroid dienone is 2. The normalized spacial score (nSPS) is 29.9. The second-order valence-electron chi connectivity index (χ2n) is 7.65. The molecule has 23 heavy (non-hydrogen) atoms. The van der Waals surface area contributed by atoms with Gasteiger partial charge in [-0.15, -0.1) is 0 Å². The Morgan fingerprint density at radius 1 is 1.13 bits per heavy atom. The van der Waals surface area contributed by atoms with Crippen molar-refractivity contribution in [2.75, 3.05) is 59.0 Å². The maximum atomic E-state index is 5.48. The van der Waals surface area contributed by atoms with Crippen LogP contribution >= 0.6 is 0 Å². The summed E-state index contributed by atoms with van der Waals surface area (Å²) >= 11 is 0. The first-order valence-corrected chi connectivity index (χ1v) is 9.24. The maximum Gasteiger partial charge on any atom is 0.0594 e. The summed E-state index contributed by atoms with van der Waals surface area (Å²) in [6.07, 6.45) is 4.93. The average molecular weight is 319 g/mol. The van der Waals surface area contributed by atoms with Gasteiger partial charge in [-0.1, -0.05) is 12.2 Å². The summed E-state index contributed by atoms with van der Waals surface area (Å²) in [7, 11) is 0. The third-order valence-corrected chi connectivity index (χ3v) is 5.52. The summed E-state index contributed by atoms with van der Waals surface area (Å²) in [4.78, 5) is 7.81. The standard InChI is InChI=1S/C19H33N3O/c1-16(2)12-17(3)22-7-6-21-5-4-18(13-19(21)15-22)14-20-8-10-23-11-9-20/h12,18-19H,3-11,13-15H2,1-2H3. The van der Waals surface area contributed by atoms with Gasteiger partial charge in [-0.2, -0.15) is 0 Å². The van der Waals surface area contributed by atoms with Gasteiger partial charge in [-0.25, -0.2) is 0 Å². The fourth-order valence-corrected chi connectivity index (χ4v) is 4.26. The molecule has 0 amide bonds. The minimum absolute atomic E-state index is 0.714. The van der Waals surface area contributed by atoms with Gasteiger partial charge in [-0.05, 0) is 45.2 Å². The molecule has 2 unspecified atom stereocenters. The van der Waals surface area contributed by atoms with E-state index in [2.05, 4.69) is 41.2 Å². The molecular weight excluding hydrogens is 286 g/mol. The van der Waals surface area contributed by atoms with Crippen LogP contribution in [0.2, 0.25) is 0 Å². The second kappa shape index (κ2) is 7.82. The van der Waals surface area contributed by atoms with Gasteiger partial charge in [0.25, 0.3) is 0 Å². The number of rotatable bonds is 4. The van der Waals surface area contributed by atoms with Crippen LogP contribution in [0, 0.1) is 5.92 Å². The van der Waals surface area contributed by atoms with Crippen molar-refractivity contribution < 1.29 is 4.74 Å². The van der Waals surface area contributed by atoms with Crippen LogP contribution in [-0.2, 0) is 4.74 Å². The summed E-state index contributed by atoms with van der Waals surface area (Å²) in [5.74, 6) is 0.853. The highest BCUT2D eigenvalue weighted by atomic mass is 16.5. The molecule has 130 valence electrons. The van der Waals surface area contributed by atoms with Crippen LogP contribution < -0.4 is 0 Å². The fraction of sp³-hybridized carbons (Fsp3) is 0.789. The summed E-state index contributed by atoms with van der Waals surface area (Å²) in [6.45, 7) is 18.7. The lowest BCUT2D eigenvalue weighted by molar-refractivity contribution is 0.00647. The molecule has 0 saturated carbocycles. The predicted molar refractivity (Wildman–Crippen MR) is 95.5 cm³/mol. The lowest BCUT2D eigenvalue weighted by atomic mass is 9.88. The third-order valence-electron chi connectivity index (χ3n) is 5.52. The Bertz CT molecular complexity index is 438. The molecule has 0 aromatic rings. The predicted octanol–water partition coefficient (Wildman–Crippen LogP) is 2.19. The Labute approximate surface area is 141 Å². The van der Waals surface area contributed by atoms with Gasteiger partial charge in [0.05, 0.1) is 13.2 Å². The number of hydrogen-bond donors (Lipinski definition) is 0. The molecule has 0 aliphatic carbocycles. The molecule has 0 aromatic carbocycles. The quantitative estimate of drug-likeness (QED) is 0.739. The van der Waals surface area contributed by atoms with Crippen molar-refractivity contribution in [3.8, 4) is 0 Å². The molecule has 4 heteroatoms. The van der Waals surface area contributed by atoms with Gasteiger partial charge in [0.2, 0.25) is 0 Å². The first kappa shape index (κ1) is 17.0. The molecule has 0 spiro atoms. The number of fused-ring (bicyclic) bond motifs is 1. The number of ether oxygens (including phenoxy) is 1. The smallest absolute Gasteiger partial charge is 0.0594 e. The highest BCUT2D eigenvalue weighted by Gasteiger charge is 2.33. The van der Waals surface area contributed by atoms with Crippen LogP contribution in [0.4, 0.5) is 0 Å². The first-order valence-electron chi connectivity index (χ1n) is 9.24. The zero-order valence-corrected chi connectivity index (χ0v) is 15.0. The second-order valence-corrected chi connectivity index (χ2v) is 7.65. The number of piperazine rings is 1. The lowest BCUT2D eigenvalue weighted by Gasteiger charge is -2.48. The number of morpholine rings is 1. The van der Waals surface area contributed by atoms with E-state index < -0.39 is 0 Å². The zero-order chi connectivity index (χ0) is 16.2. The molecule has 4 nitrogen and oxygen atoms in total. The Kier molecular flexibility index (Phi) is 5.78. The molecule has 3 aliphatic rings. The minimum Gasteiger partial charge on any atom is -0.379 e. The van der Waals surface area contributed by atoms with E-state index >= 15 is 0 Å². The van der Waals surface area contributed by atoms with Crippen molar-refractivity contribution in [1.82, 2.24) is 14.7 Å². The van der Waals surface area contributed by atoms with Gasteiger partial charge in [0.15, 0.2) is 0 Å². The molecule has 0 aromatic heterocycles. The highest BCUT2D eigenvalue weighted by molar-refractivity contribution is 5.18. The Balaban J connectivity index is 1.52. The van der Waals surface area contributed by atoms with Gasteiger partial charge >= 0.3 is 0 Å². The number of hydrogen-bond acceptors (Lipinski definition) is 4. The average Bonchev–Trinajstić information content (AvgIpc) is 2.54. The minimum atomic E-state index is 0.714. The SMILES string of the molecule is C=C(C=C(C)C)N1CCN2CCC(CN3CCOCC3)CC2C1. The topological polar surface area (TPSA) is 19.0 Å². The van der Waals surface area contributed by atoms with Crippen molar-refractivity contribution in [3.63, 3.8) is 0 Å². The Morgan fingerprint density at radius 3 is 2.65 bits per heavy atom. The van der Waals surface area contributed by atoms with Crippen molar-refractivity contribution in [3.05, 3.63) is 23.9 Å². The van der Waals surface area contributed by atoms with Crippen molar-refractivity contribution in [1.29, 1.82) is 0 Å². The molecular formula is C19H33N3O. The van der Waals surface area contributed by atoms with Gasteiger partial charge < -0.3 is 9.64 Å². The number of nitrogens with zero attached hydrogens (tertiary/aromatic N) is 3. The molecule has 0 bridgehead atoms. The van der Waals surface area contributed by atoms with Gasteiger partial charge in [0.1, 0.15) is 0 Å². The molecule has 3 rings (SSSR count). The lowest BCUT2D eigenvalue weighted by Crippen LogP contribution is -2.56. The monoisotopic (exact) mass is 319 g/mol.